The molecule has 0 aromatic rings. The van der Waals surface area contributed by atoms with E-state index in [2.05, 4.69) is 0 Å². The monoisotopic (exact) mass is 329 g/mol. The molecule has 0 heterocycles. The Hall–Kier alpha value is 0.246. The third-order valence-electron chi connectivity index (χ3n) is 0. The van der Waals surface area contributed by atoms with Gasteiger partial charge >= 0.3 is 38.6 Å². The van der Waals surface area contributed by atoms with Crippen molar-refractivity contribution in [2.24, 2.45) is 0 Å². The van der Waals surface area contributed by atoms with E-state index in [-0.39, 0.29) is 71.5 Å². The van der Waals surface area contributed by atoms with E-state index in [9.17, 15) is 0 Å². The van der Waals surface area contributed by atoms with Crippen molar-refractivity contribution < 1.29 is 76.6 Å². The predicted octanol–water partition coefficient (Wildman–Crippen LogP) is -5.19. The van der Waals surface area contributed by atoms with Gasteiger partial charge in [0.2, 0.25) is 0 Å². The van der Waals surface area contributed by atoms with Crippen LogP contribution in [-0.4, -0.2) is 37.9 Å². The molecule has 0 spiro atoms. The third kappa shape index (κ3) is 11500. The van der Waals surface area contributed by atoms with E-state index in [1.54, 1.807) is 0 Å². The Balaban J connectivity index is -0.00000000214. The van der Waals surface area contributed by atoms with E-state index in [0.29, 0.717) is 0 Å². The molecule has 0 amide bonds. The van der Waals surface area contributed by atoms with Gasteiger partial charge in [0.15, 0.2) is 0 Å². The summed E-state index contributed by atoms with van der Waals surface area (Å²) >= 11 is 0. The molecule has 0 aliphatic carbocycles. The van der Waals surface area contributed by atoms with Crippen LogP contribution in [0.2, 0.25) is 0 Å². The smallest absolute Gasteiger partial charge is 0.412 e. The van der Waals surface area contributed by atoms with Crippen LogP contribution >= 0.6 is 0 Å². The van der Waals surface area contributed by atoms with Crippen LogP contribution in [0.5, 0.6) is 0 Å². The Morgan fingerprint density at radius 1 is 0.727 bits per heavy atom. The average molecular weight is 329 g/mol. The Labute approximate surface area is 91.6 Å². The Morgan fingerprint density at radius 2 is 0.727 bits per heavy atom. The molecular weight excluding hydrogens is 317 g/mol. The first-order valence-corrected chi connectivity index (χ1v) is 0.548. The molecule has 12 N–H and O–H groups in total. The topological polar surface area (TPSA) is 255 Å². The van der Waals surface area contributed by atoms with Crippen molar-refractivity contribution in [3.05, 3.63) is 15.3 Å². The Morgan fingerprint density at radius 3 is 0.727 bits per heavy atom. The van der Waals surface area contributed by atoms with Crippen LogP contribution in [0.1, 0.15) is 0 Å². The summed E-state index contributed by atoms with van der Waals surface area (Å²) < 4.78 is 0. The van der Waals surface area contributed by atoms with E-state index in [1.165, 1.54) is 0 Å². The van der Waals surface area contributed by atoms with E-state index < -0.39 is 5.09 Å². The van der Waals surface area contributed by atoms with Gasteiger partial charge in [-0.2, -0.15) is 0 Å². The van der Waals surface area contributed by atoms with Crippen molar-refractivity contribution in [2.75, 3.05) is 0 Å². The van der Waals surface area contributed by atoms with E-state index in [0.717, 1.165) is 0 Å². The molecule has 0 rings (SSSR count). The summed E-state index contributed by atoms with van der Waals surface area (Å²) in [7, 11) is 0. The minimum atomic E-state index is -1.75. The van der Waals surface area contributed by atoms with Gasteiger partial charge in [0.05, 0.1) is 5.09 Å². The zero-order valence-corrected chi connectivity index (χ0v) is 7.14. The van der Waals surface area contributed by atoms with Gasteiger partial charge in [0, 0.05) is 0 Å². The van der Waals surface area contributed by atoms with Crippen LogP contribution < -0.4 is 0 Å². The van der Waals surface area contributed by atoms with Crippen LogP contribution in [0.4, 0.5) is 0 Å². The van der Waals surface area contributed by atoms with E-state index in [1.807, 2.05) is 0 Å². The second-order valence-electron chi connectivity index (χ2n) is 0.224. The molecule has 0 aromatic heterocycles. The van der Waals surface area contributed by atoms with Gasteiger partial charge in [0.25, 0.3) is 0 Å². The summed E-state index contributed by atoms with van der Waals surface area (Å²) in [6.07, 6.45) is 0. The first-order valence-electron chi connectivity index (χ1n) is 0.548. The summed E-state index contributed by atoms with van der Waals surface area (Å²) in [6, 6.07) is 0. The third-order valence-corrected chi connectivity index (χ3v) is 0. The Bertz CT molecular complexity index is 32.5. The number of nitrogens with zero attached hydrogens (tertiary/aromatic N) is 1. The molecule has 0 radical (unpaired) electrons. The molecular formula is H12NO9Tb+2. The summed E-state index contributed by atoms with van der Waals surface area (Å²) in [5.74, 6) is 0. The maximum absolute atomic E-state index is 8.25. The molecule has 0 aliphatic heterocycles. The zero-order chi connectivity index (χ0) is 3.58. The molecule has 0 saturated heterocycles. The molecule has 0 saturated carbocycles. The van der Waals surface area contributed by atoms with Gasteiger partial charge in [-0.25, -0.2) is 0 Å². The molecule has 10 nitrogen and oxygen atoms in total. The molecule has 0 atom stereocenters. The van der Waals surface area contributed by atoms with Crippen LogP contribution in [0, 0.1) is 53.9 Å². The molecule has 78 valence electrons. The predicted molar refractivity (Wildman–Crippen MR) is 32.0 cm³/mol. The fourth-order valence-electron chi connectivity index (χ4n) is 0. The standard InChI is InChI=1S/NO3.6H2O.Tb/c2-1(3)4;;;;;;;/h;6*1H2;/q-1;;;;;;;+3. The van der Waals surface area contributed by atoms with Crippen LogP contribution in [-0.2, 0) is 0 Å². The van der Waals surface area contributed by atoms with Gasteiger partial charge in [-0.1, -0.05) is 0 Å². The maximum Gasteiger partial charge on any atom is 3.00 e. The molecule has 0 fully saturated rings. The summed E-state index contributed by atoms with van der Waals surface area (Å²) in [5, 5.41) is 14.8. The van der Waals surface area contributed by atoms with E-state index in [4.69, 9.17) is 15.3 Å². The van der Waals surface area contributed by atoms with Crippen molar-refractivity contribution in [1.82, 2.24) is 0 Å². The van der Waals surface area contributed by atoms with Crippen LogP contribution in [0.25, 0.3) is 0 Å². The molecule has 11 heavy (non-hydrogen) atoms. The van der Waals surface area contributed by atoms with Crippen molar-refractivity contribution in [3.63, 3.8) is 0 Å². The number of hydrogen-bond acceptors (Lipinski definition) is 3. The maximum atomic E-state index is 8.25. The van der Waals surface area contributed by atoms with Crippen molar-refractivity contribution in [2.45, 2.75) is 0 Å². The molecule has 11 heteroatoms. The molecule has 0 aliphatic rings. The zero-order valence-electron chi connectivity index (χ0n) is 5.01. The van der Waals surface area contributed by atoms with Crippen LogP contribution in [0.15, 0.2) is 0 Å². The first-order chi connectivity index (χ1) is 1.73. The fourth-order valence-corrected chi connectivity index (χ4v) is 0. The largest absolute Gasteiger partial charge is 3.00 e. The van der Waals surface area contributed by atoms with Crippen molar-refractivity contribution >= 4 is 0 Å². The summed E-state index contributed by atoms with van der Waals surface area (Å²) in [6.45, 7) is 0. The number of rotatable bonds is 0. The average Bonchev–Trinajstić information content (AvgIpc) is 0.811. The fraction of sp³-hybridized carbons (Fsp3) is 0. The second kappa shape index (κ2) is 83.1. The second-order valence-corrected chi connectivity index (χ2v) is 0.224. The molecule has 0 bridgehead atoms. The van der Waals surface area contributed by atoms with E-state index >= 15 is 0 Å². The SMILES string of the molecule is O.O.O.O.O.O.O=[N+]([O-])[O-].[Tb+3]. The normalized spacial score (nSPS) is 2.18. The first kappa shape index (κ1) is 112. The number of hydrogen-bond donors (Lipinski definition) is 0. The van der Waals surface area contributed by atoms with Gasteiger partial charge in [-0.15, -0.1) is 0 Å². The van der Waals surface area contributed by atoms with Gasteiger partial charge in [0.1, 0.15) is 0 Å². The Kier molecular flexibility index (Phi) is 847. The van der Waals surface area contributed by atoms with Crippen molar-refractivity contribution in [1.29, 1.82) is 0 Å². The van der Waals surface area contributed by atoms with Gasteiger partial charge in [-0.05, 0) is 0 Å². The van der Waals surface area contributed by atoms with Crippen LogP contribution in [0.3, 0.4) is 0 Å². The van der Waals surface area contributed by atoms with Crippen molar-refractivity contribution in [3.8, 4) is 0 Å². The van der Waals surface area contributed by atoms with Gasteiger partial charge < -0.3 is 48.2 Å². The quantitative estimate of drug-likeness (QED) is 0.312. The summed E-state index contributed by atoms with van der Waals surface area (Å²) in [4.78, 5) is 8.25. The summed E-state index contributed by atoms with van der Waals surface area (Å²) in [5.41, 5.74) is 0. The van der Waals surface area contributed by atoms with Gasteiger partial charge in [-0.3, -0.25) is 0 Å². The minimum absolute atomic E-state index is 0. The minimum Gasteiger partial charge on any atom is -0.412 e. The molecule has 0 aromatic carbocycles. The molecule has 0 unspecified atom stereocenters.